The van der Waals surface area contributed by atoms with Gasteiger partial charge < -0.3 is 4.57 Å². The minimum Gasteiger partial charge on any atom is -0.308 e. The molecule has 3 nitrogen and oxygen atoms in total. The molecule has 1 aliphatic rings. The minimum atomic E-state index is -0.0717. The van der Waals surface area contributed by atoms with Crippen LogP contribution in [0.25, 0.3) is 11.2 Å². The van der Waals surface area contributed by atoms with E-state index in [0.717, 1.165) is 28.6 Å². The quantitative estimate of drug-likeness (QED) is 0.784. The first kappa shape index (κ1) is 12.0. The predicted octanol–water partition coefficient (Wildman–Crippen LogP) is 4.01. The number of aryl methyl sites for hydroxylation is 1. The molecule has 0 aromatic carbocycles. The van der Waals surface area contributed by atoms with Crippen LogP contribution in [0.5, 0.6) is 0 Å². The molecule has 1 fully saturated rings. The zero-order valence-electron chi connectivity index (χ0n) is 11.0. The zero-order chi connectivity index (χ0) is 12.9. The Kier molecular flexibility index (Phi) is 2.81. The minimum absolute atomic E-state index is 0.0717. The summed E-state index contributed by atoms with van der Waals surface area (Å²) in [4.78, 5) is 9.30. The van der Waals surface area contributed by atoms with Gasteiger partial charge in [0.15, 0.2) is 5.65 Å². The van der Waals surface area contributed by atoms with E-state index in [1.54, 1.807) is 0 Å². The first-order chi connectivity index (χ1) is 8.61. The Morgan fingerprint density at radius 3 is 2.83 bits per heavy atom. The number of alkyl halides is 1. The highest BCUT2D eigenvalue weighted by Crippen LogP contribution is 2.48. The SMILES string of the molecule is CCC1CC1n1c(C(C)Cl)nc2ccc(C)nc21. The van der Waals surface area contributed by atoms with Crippen LogP contribution in [0.1, 0.15) is 49.6 Å². The van der Waals surface area contributed by atoms with Crippen LogP contribution < -0.4 is 0 Å². The predicted molar refractivity (Wildman–Crippen MR) is 74.0 cm³/mol. The number of aromatic nitrogens is 3. The second kappa shape index (κ2) is 4.23. The Morgan fingerprint density at radius 2 is 2.22 bits per heavy atom. The summed E-state index contributed by atoms with van der Waals surface area (Å²) in [6, 6.07) is 4.60. The molecule has 3 atom stereocenters. The highest BCUT2D eigenvalue weighted by Gasteiger charge is 2.40. The summed E-state index contributed by atoms with van der Waals surface area (Å²) in [5.74, 6) is 1.73. The zero-order valence-corrected chi connectivity index (χ0v) is 11.8. The summed E-state index contributed by atoms with van der Waals surface area (Å²) >= 11 is 6.27. The van der Waals surface area contributed by atoms with Crippen LogP contribution in [0.4, 0.5) is 0 Å². The van der Waals surface area contributed by atoms with Gasteiger partial charge in [-0.1, -0.05) is 13.3 Å². The van der Waals surface area contributed by atoms with Crippen molar-refractivity contribution in [1.29, 1.82) is 0 Å². The van der Waals surface area contributed by atoms with Crippen LogP contribution in [0.15, 0.2) is 12.1 Å². The lowest BCUT2D eigenvalue weighted by molar-refractivity contribution is 0.620. The van der Waals surface area contributed by atoms with Gasteiger partial charge in [-0.15, -0.1) is 11.6 Å². The van der Waals surface area contributed by atoms with Crippen molar-refractivity contribution < 1.29 is 0 Å². The summed E-state index contributed by atoms with van der Waals surface area (Å²) in [6.45, 7) is 6.24. The van der Waals surface area contributed by atoms with E-state index in [-0.39, 0.29) is 5.38 Å². The third-order valence-electron chi connectivity index (χ3n) is 3.80. The molecular formula is C14H18ClN3. The van der Waals surface area contributed by atoms with E-state index in [0.29, 0.717) is 6.04 Å². The second-order valence-electron chi connectivity index (χ2n) is 5.22. The summed E-state index contributed by atoms with van der Waals surface area (Å²) in [5.41, 5.74) is 2.99. The van der Waals surface area contributed by atoms with Gasteiger partial charge in [0.05, 0.1) is 5.38 Å². The fourth-order valence-corrected chi connectivity index (χ4v) is 2.83. The van der Waals surface area contributed by atoms with Crippen molar-refractivity contribution in [2.24, 2.45) is 5.92 Å². The first-order valence-electron chi connectivity index (χ1n) is 6.61. The number of rotatable bonds is 3. The molecule has 2 aromatic heterocycles. The van der Waals surface area contributed by atoms with Crippen LogP contribution in [0.2, 0.25) is 0 Å². The Balaban J connectivity index is 2.18. The van der Waals surface area contributed by atoms with E-state index in [1.165, 1.54) is 12.8 Å². The molecule has 3 rings (SSSR count). The number of imidazole rings is 1. The van der Waals surface area contributed by atoms with Crippen molar-refractivity contribution in [2.45, 2.75) is 45.0 Å². The van der Waals surface area contributed by atoms with Gasteiger partial charge in [-0.25, -0.2) is 9.97 Å². The monoisotopic (exact) mass is 263 g/mol. The third-order valence-corrected chi connectivity index (χ3v) is 4.00. The Hall–Kier alpha value is -1.09. The summed E-state index contributed by atoms with van der Waals surface area (Å²) in [7, 11) is 0. The molecule has 18 heavy (non-hydrogen) atoms. The Labute approximate surface area is 112 Å². The van der Waals surface area contributed by atoms with Gasteiger partial charge >= 0.3 is 0 Å². The van der Waals surface area contributed by atoms with Crippen LogP contribution in [0, 0.1) is 12.8 Å². The molecule has 0 N–H and O–H groups in total. The average Bonchev–Trinajstić information content (AvgIpc) is 3.01. The molecule has 0 amide bonds. The molecule has 1 saturated carbocycles. The molecule has 0 aliphatic heterocycles. The Morgan fingerprint density at radius 1 is 1.44 bits per heavy atom. The van der Waals surface area contributed by atoms with Crippen molar-refractivity contribution in [3.63, 3.8) is 0 Å². The van der Waals surface area contributed by atoms with Crippen molar-refractivity contribution >= 4 is 22.8 Å². The van der Waals surface area contributed by atoms with Gasteiger partial charge in [0.2, 0.25) is 0 Å². The van der Waals surface area contributed by atoms with E-state index in [2.05, 4.69) is 21.5 Å². The van der Waals surface area contributed by atoms with Crippen LogP contribution in [-0.4, -0.2) is 14.5 Å². The maximum atomic E-state index is 6.27. The van der Waals surface area contributed by atoms with E-state index in [1.807, 2.05) is 26.0 Å². The normalized spacial score (nSPS) is 24.4. The van der Waals surface area contributed by atoms with E-state index in [4.69, 9.17) is 11.6 Å². The van der Waals surface area contributed by atoms with Crippen molar-refractivity contribution in [2.75, 3.05) is 0 Å². The van der Waals surface area contributed by atoms with Gasteiger partial charge in [-0.05, 0) is 38.3 Å². The highest BCUT2D eigenvalue weighted by atomic mass is 35.5. The fourth-order valence-electron chi connectivity index (χ4n) is 2.68. The molecule has 2 heterocycles. The molecule has 0 saturated heterocycles. The topological polar surface area (TPSA) is 30.7 Å². The summed E-state index contributed by atoms with van der Waals surface area (Å²) < 4.78 is 2.27. The first-order valence-corrected chi connectivity index (χ1v) is 7.05. The number of halogens is 1. The molecule has 96 valence electrons. The molecule has 0 spiro atoms. The van der Waals surface area contributed by atoms with E-state index >= 15 is 0 Å². The number of hydrogen-bond acceptors (Lipinski definition) is 2. The van der Waals surface area contributed by atoms with Gasteiger partial charge in [0.25, 0.3) is 0 Å². The van der Waals surface area contributed by atoms with Gasteiger partial charge in [-0.2, -0.15) is 0 Å². The summed E-state index contributed by atoms with van der Waals surface area (Å²) in [6.07, 6.45) is 2.44. The fraction of sp³-hybridized carbons (Fsp3) is 0.571. The third kappa shape index (κ3) is 1.81. The maximum absolute atomic E-state index is 6.27. The average molecular weight is 264 g/mol. The number of pyridine rings is 1. The summed E-state index contributed by atoms with van der Waals surface area (Å²) in [5, 5.41) is -0.0717. The molecule has 1 aliphatic carbocycles. The van der Waals surface area contributed by atoms with Gasteiger partial charge in [0.1, 0.15) is 11.3 Å². The largest absolute Gasteiger partial charge is 0.308 e. The molecule has 4 heteroatoms. The van der Waals surface area contributed by atoms with Crippen LogP contribution in [0.3, 0.4) is 0 Å². The van der Waals surface area contributed by atoms with Crippen LogP contribution >= 0.6 is 11.6 Å². The van der Waals surface area contributed by atoms with Crippen LogP contribution in [-0.2, 0) is 0 Å². The second-order valence-corrected chi connectivity index (χ2v) is 5.88. The lowest BCUT2D eigenvalue weighted by Gasteiger charge is -2.09. The van der Waals surface area contributed by atoms with Gasteiger partial charge in [-0.3, -0.25) is 0 Å². The molecular weight excluding hydrogens is 246 g/mol. The molecule has 3 unspecified atom stereocenters. The van der Waals surface area contributed by atoms with Crippen molar-refractivity contribution in [3.8, 4) is 0 Å². The standard InChI is InChI=1S/C14H18ClN3/c1-4-10-7-12(10)18-13(9(3)15)17-11-6-5-8(2)16-14(11)18/h5-6,9-10,12H,4,7H2,1-3H3. The Bertz CT molecular complexity index is 588. The molecule has 0 bridgehead atoms. The number of nitrogens with zero attached hydrogens (tertiary/aromatic N) is 3. The lowest BCUT2D eigenvalue weighted by Crippen LogP contribution is -2.04. The van der Waals surface area contributed by atoms with Crippen molar-refractivity contribution in [3.05, 3.63) is 23.7 Å². The molecule has 0 radical (unpaired) electrons. The number of hydrogen-bond donors (Lipinski definition) is 0. The van der Waals surface area contributed by atoms with E-state index < -0.39 is 0 Å². The highest BCUT2D eigenvalue weighted by molar-refractivity contribution is 6.20. The van der Waals surface area contributed by atoms with Crippen molar-refractivity contribution in [1.82, 2.24) is 14.5 Å². The van der Waals surface area contributed by atoms with Gasteiger partial charge in [0, 0.05) is 11.7 Å². The maximum Gasteiger partial charge on any atom is 0.160 e. The smallest absolute Gasteiger partial charge is 0.160 e. The van der Waals surface area contributed by atoms with E-state index in [9.17, 15) is 0 Å². The number of fused-ring (bicyclic) bond motifs is 1. The molecule has 2 aromatic rings. The lowest BCUT2D eigenvalue weighted by atomic mass is 10.3.